The summed E-state index contributed by atoms with van der Waals surface area (Å²) < 4.78 is 18.5. The first-order valence-electron chi connectivity index (χ1n) is 8.36. The molecule has 140 valence electrons. The maximum atomic E-state index is 13.0. The second-order valence-electron chi connectivity index (χ2n) is 6.14. The maximum Gasteiger partial charge on any atom is 0.251 e. The van der Waals surface area contributed by atoms with Gasteiger partial charge in [-0.1, -0.05) is 0 Å². The second kappa shape index (κ2) is 8.05. The number of nitrogens with zero attached hydrogens (tertiary/aromatic N) is 2. The van der Waals surface area contributed by atoms with E-state index in [2.05, 4.69) is 10.3 Å². The van der Waals surface area contributed by atoms with Gasteiger partial charge in [-0.25, -0.2) is 9.37 Å². The zero-order valence-corrected chi connectivity index (χ0v) is 14.6. The van der Waals surface area contributed by atoms with Crippen LogP contribution in [0.15, 0.2) is 42.6 Å². The molecule has 8 heteroatoms. The van der Waals surface area contributed by atoms with E-state index in [1.54, 1.807) is 11.0 Å². The van der Waals surface area contributed by atoms with E-state index >= 15 is 0 Å². The van der Waals surface area contributed by atoms with Crippen molar-refractivity contribution >= 4 is 23.4 Å². The first-order valence-corrected chi connectivity index (χ1v) is 8.36. The number of hydrogen-bond donors (Lipinski definition) is 1. The zero-order valence-electron chi connectivity index (χ0n) is 14.6. The van der Waals surface area contributed by atoms with Crippen molar-refractivity contribution in [2.24, 2.45) is 0 Å². The van der Waals surface area contributed by atoms with E-state index in [-0.39, 0.29) is 41.3 Å². The van der Waals surface area contributed by atoms with E-state index in [4.69, 9.17) is 4.74 Å². The highest BCUT2D eigenvalue weighted by Crippen LogP contribution is 2.18. The number of ether oxygens (including phenoxy) is 1. The SMILES string of the molecule is CC(=O)N1CC(OCC(=O)Nc2ncccc2C(=O)c2ccc(F)cc2)C1. The Hall–Kier alpha value is -3.13. The van der Waals surface area contributed by atoms with Gasteiger partial charge in [-0.15, -0.1) is 0 Å². The Kier molecular flexibility index (Phi) is 5.56. The zero-order chi connectivity index (χ0) is 19.4. The molecule has 2 aromatic rings. The van der Waals surface area contributed by atoms with Crippen LogP contribution in [0.2, 0.25) is 0 Å². The summed E-state index contributed by atoms with van der Waals surface area (Å²) in [5.41, 5.74) is 0.485. The van der Waals surface area contributed by atoms with Crippen LogP contribution >= 0.6 is 0 Å². The van der Waals surface area contributed by atoms with Gasteiger partial charge in [-0.05, 0) is 36.4 Å². The van der Waals surface area contributed by atoms with Crippen LogP contribution in [-0.2, 0) is 14.3 Å². The predicted octanol–water partition coefficient (Wildman–Crippen LogP) is 1.64. The number of hydrogen-bond acceptors (Lipinski definition) is 5. The van der Waals surface area contributed by atoms with Crippen molar-refractivity contribution < 1.29 is 23.5 Å². The number of anilines is 1. The van der Waals surface area contributed by atoms with Gasteiger partial charge >= 0.3 is 0 Å². The van der Waals surface area contributed by atoms with Crippen LogP contribution in [0.1, 0.15) is 22.8 Å². The third kappa shape index (κ3) is 4.53. The molecule has 3 rings (SSSR count). The number of pyridine rings is 1. The highest BCUT2D eigenvalue weighted by atomic mass is 19.1. The topological polar surface area (TPSA) is 88.6 Å². The molecule has 7 nitrogen and oxygen atoms in total. The molecule has 0 unspecified atom stereocenters. The summed E-state index contributed by atoms with van der Waals surface area (Å²) in [6.07, 6.45) is 1.28. The van der Waals surface area contributed by atoms with Gasteiger partial charge in [-0.2, -0.15) is 0 Å². The van der Waals surface area contributed by atoms with Crippen LogP contribution in [-0.4, -0.2) is 53.3 Å². The van der Waals surface area contributed by atoms with E-state index in [9.17, 15) is 18.8 Å². The Morgan fingerprint density at radius 3 is 2.59 bits per heavy atom. The molecule has 1 aromatic carbocycles. The van der Waals surface area contributed by atoms with Crippen LogP contribution in [0, 0.1) is 5.82 Å². The fourth-order valence-corrected chi connectivity index (χ4v) is 2.61. The van der Waals surface area contributed by atoms with Crippen molar-refractivity contribution in [2.45, 2.75) is 13.0 Å². The number of rotatable bonds is 6. The summed E-state index contributed by atoms with van der Waals surface area (Å²) >= 11 is 0. The summed E-state index contributed by atoms with van der Waals surface area (Å²) in [7, 11) is 0. The first-order chi connectivity index (χ1) is 12.9. The molecule has 2 amide bonds. The monoisotopic (exact) mass is 371 g/mol. The molecule has 0 radical (unpaired) electrons. The first kappa shape index (κ1) is 18.7. The Labute approximate surface area is 155 Å². The molecule has 1 aromatic heterocycles. The molecule has 0 bridgehead atoms. The van der Waals surface area contributed by atoms with Crippen LogP contribution in [0.3, 0.4) is 0 Å². The van der Waals surface area contributed by atoms with E-state index < -0.39 is 11.7 Å². The summed E-state index contributed by atoms with van der Waals surface area (Å²) in [6, 6.07) is 8.24. The van der Waals surface area contributed by atoms with Gasteiger partial charge in [0.15, 0.2) is 5.78 Å². The van der Waals surface area contributed by atoms with Crippen molar-refractivity contribution in [3.63, 3.8) is 0 Å². The van der Waals surface area contributed by atoms with E-state index in [0.29, 0.717) is 13.1 Å². The minimum Gasteiger partial charge on any atom is -0.365 e. The Bertz CT molecular complexity index is 864. The van der Waals surface area contributed by atoms with Crippen LogP contribution in [0.4, 0.5) is 10.2 Å². The molecular formula is C19H18FN3O4. The van der Waals surface area contributed by atoms with Crippen molar-refractivity contribution in [1.29, 1.82) is 0 Å². The second-order valence-corrected chi connectivity index (χ2v) is 6.14. The van der Waals surface area contributed by atoms with Crippen molar-refractivity contribution in [3.05, 3.63) is 59.5 Å². The van der Waals surface area contributed by atoms with Gasteiger partial charge in [0.05, 0.1) is 11.7 Å². The highest BCUT2D eigenvalue weighted by molar-refractivity contribution is 6.13. The van der Waals surface area contributed by atoms with Crippen molar-refractivity contribution in [2.75, 3.05) is 25.0 Å². The molecule has 1 fully saturated rings. The Balaban J connectivity index is 1.60. The van der Waals surface area contributed by atoms with Gasteiger partial charge in [0, 0.05) is 31.8 Å². The van der Waals surface area contributed by atoms with Gasteiger partial charge in [0.1, 0.15) is 18.2 Å². The largest absolute Gasteiger partial charge is 0.365 e. The summed E-state index contributed by atoms with van der Waals surface area (Å²) in [5, 5.41) is 2.56. The van der Waals surface area contributed by atoms with Crippen LogP contribution in [0.25, 0.3) is 0 Å². The molecule has 1 aliphatic rings. The lowest BCUT2D eigenvalue weighted by molar-refractivity contribution is -0.144. The fourth-order valence-electron chi connectivity index (χ4n) is 2.61. The molecule has 2 heterocycles. The lowest BCUT2D eigenvalue weighted by Crippen LogP contribution is -2.54. The number of ketones is 1. The molecule has 1 N–H and O–H groups in total. The van der Waals surface area contributed by atoms with E-state index in [1.165, 1.54) is 43.5 Å². The summed E-state index contributed by atoms with van der Waals surface area (Å²) in [5.74, 6) is -1.20. The van der Waals surface area contributed by atoms with E-state index in [1.807, 2.05) is 0 Å². The minimum absolute atomic E-state index is 0.0308. The third-order valence-electron chi connectivity index (χ3n) is 4.16. The molecule has 0 aliphatic carbocycles. The molecule has 1 saturated heterocycles. The van der Waals surface area contributed by atoms with Crippen LogP contribution in [0.5, 0.6) is 0 Å². The lowest BCUT2D eigenvalue weighted by atomic mass is 10.0. The van der Waals surface area contributed by atoms with E-state index in [0.717, 1.165) is 0 Å². The Morgan fingerprint density at radius 2 is 1.93 bits per heavy atom. The standard InChI is InChI=1S/C19H18FN3O4/c1-12(24)23-9-15(10-23)27-11-17(25)22-19-16(3-2-8-21-19)18(26)13-4-6-14(20)7-5-13/h2-8,15H,9-11H2,1H3,(H,21,22,25). The lowest BCUT2D eigenvalue weighted by Gasteiger charge is -2.38. The maximum absolute atomic E-state index is 13.0. The summed E-state index contributed by atoms with van der Waals surface area (Å²) in [4.78, 5) is 41.5. The number of carbonyl (C=O) groups is 3. The number of amides is 2. The quantitative estimate of drug-likeness (QED) is 0.780. The van der Waals surface area contributed by atoms with Gasteiger partial charge < -0.3 is 15.0 Å². The van der Waals surface area contributed by atoms with Crippen LogP contribution < -0.4 is 5.32 Å². The normalized spacial score (nSPS) is 13.8. The number of carbonyl (C=O) groups excluding carboxylic acids is 3. The third-order valence-corrected chi connectivity index (χ3v) is 4.16. The Morgan fingerprint density at radius 1 is 1.22 bits per heavy atom. The molecule has 1 aliphatic heterocycles. The number of benzene rings is 1. The van der Waals surface area contributed by atoms with Crippen molar-refractivity contribution in [3.8, 4) is 0 Å². The number of aromatic nitrogens is 1. The van der Waals surface area contributed by atoms with Gasteiger partial charge in [0.2, 0.25) is 5.91 Å². The van der Waals surface area contributed by atoms with Gasteiger partial charge in [-0.3, -0.25) is 14.4 Å². The molecule has 0 saturated carbocycles. The van der Waals surface area contributed by atoms with Crippen molar-refractivity contribution in [1.82, 2.24) is 9.88 Å². The number of likely N-dealkylation sites (tertiary alicyclic amines) is 1. The molecule has 0 atom stereocenters. The van der Waals surface area contributed by atoms with Gasteiger partial charge in [0.25, 0.3) is 5.91 Å². The fraction of sp³-hybridized carbons (Fsp3) is 0.263. The minimum atomic E-state index is -0.455. The number of halogens is 1. The smallest absolute Gasteiger partial charge is 0.251 e. The molecule has 27 heavy (non-hydrogen) atoms. The highest BCUT2D eigenvalue weighted by Gasteiger charge is 2.29. The molecule has 0 spiro atoms. The molecular weight excluding hydrogens is 353 g/mol. The number of nitrogens with one attached hydrogen (secondary N) is 1. The summed E-state index contributed by atoms with van der Waals surface area (Å²) in [6.45, 7) is 2.18. The predicted molar refractivity (Wildman–Crippen MR) is 94.7 cm³/mol. The average Bonchev–Trinajstić information content (AvgIpc) is 2.60. The average molecular weight is 371 g/mol.